The molecule has 2 aromatic carbocycles. The highest BCUT2D eigenvalue weighted by Crippen LogP contribution is 2.46. The van der Waals surface area contributed by atoms with Gasteiger partial charge in [0.15, 0.2) is 5.72 Å². The Morgan fingerprint density at radius 2 is 1.71 bits per heavy atom. The van der Waals surface area contributed by atoms with Crippen LogP contribution in [0.1, 0.15) is 35.3 Å². The maximum absolute atomic E-state index is 13.0. The van der Waals surface area contributed by atoms with Crippen LogP contribution in [0, 0.1) is 5.92 Å². The van der Waals surface area contributed by atoms with E-state index in [0.29, 0.717) is 5.69 Å². The second kappa shape index (κ2) is 5.34. The average Bonchev–Trinajstić information content (AvgIpc) is 2.76. The summed E-state index contributed by atoms with van der Waals surface area (Å²) in [6.07, 6.45) is -4.55. The third-order valence-electron chi connectivity index (χ3n) is 4.34. The molecule has 3 nitrogen and oxygen atoms in total. The largest absolute Gasteiger partial charge is 0.416 e. The van der Waals surface area contributed by atoms with Gasteiger partial charge in [-0.25, -0.2) is 0 Å². The summed E-state index contributed by atoms with van der Waals surface area (Å²) in [5.41, 5.74) is -2.22. The molecule has 0 bridgehead atoms. The molecule has 6 heteroatoms. The standard InChI is InChI=1S/C18H16F3NO2/c1-11(2)17(24)15-10-12(18(19,20)21)8-9-14(15)16(23)22(17)13-6-4-3-5-7-13/h3-11,24H,1-2H3. The van der Waals surface area contributed by atoms with Crippen LogP contribution in [-0.4, -0.2) is 11.0 Å². The van der Waals surface area contributed by atoms with Gasteiger partial charge in [0.25, 0.3) is 5.91 Å². The number of para-hydroxylation sites is 1. The first-order valence-corrected chi connectivity index (χ1v) is 7.51. The van der Waals surface area contributed by atoms with Crippen LogP contribution in [-0.2, 0) is 11.9 Å². The van der Waals surface area contributed by atoms with E-state index < -0.39 is 29.3 Å². The molecule has 0 fully saturated rings. The van der Waals surface area contributed by atoms with Crippen LogP contribution in [0.25, 0.3) is 0 Å². The number of halogens is 3. The first-order valence-electron chi connectivity index (χ1n) is 7.51. The molecular formula is C18H16F3NO2. The summed E-state index contributed by atoms with van der Waals surface area (Å²) in [5.74, 6) is -1.02. The van der Waals surface area contributed by atoms with E-state index in [0.717, 1.165) is 18.2 Å². The predicted octanol–water partition coefficient (Wildman–Crippen LogP) is 4.17. The van der Waals surface area contributed by atoms with Gasteiger partial charge in [-0.1, -0.05) is 32.0 Å². The number of nitrogens with zero attached hydrogens (tertiary/aromatic N) is 1. The fourth-order valence-corrected chi connectivity index (χ4v) is 3.07. The quantitative estimate of drug-likeness (QED) is 0.895. The van der Waals surface area contributed by atoms with Crippen molar-refractivity contribution in [2.75, 3.05) is 4.90 Å². The highest BCUT2D eigenvalue weighted by molar-refractivity contribution is 6.11. The smallest absolute Gasteiger partial charge is 0.366 e. The summed E-state index contributed by atoms with van der Waals surface area (Å²) >= 11 is 0. The fraction of sp³-hybridized carbons (Fsp3) is 0.278. The number of hydrogen-bond donors (Lipinski definition) is 1. The molecule has 24 heavy (non-hydrogen) atoms. The molecule has 1 aliphatic heterocycles. The van der Waals surface area contributed by atoms with Crippen molar-refractivity contribution in [1.29, 1.82) is 0 Å². The van der Waals surface area contributed by atoms with Crippen LogP contribution >= 0.6 is 0 Å². The number of anilines is 1. The Bertz CT molecular complexity index is 787. The molecule has 1 unspecified atom stereocenters. The van der Waals surface area contributed by atoms with Crippen molar-refractivity contribution >= 4 is 11.6 Å². The number of amides is 1. The minimum atomic E-state index is -4.55. The summed E-state index contributed by atoms with van der Waals surface area (Å²) < 4.78 is 39.1. The molecule has 0 saturated carbocycles. The van der Waals surface area contributed by atoms with Crippen LogP contribution in [0.5, 0.6) is 0 Å². The van der Waals surface area contributed by atoms with Gasteiger partial charge in [0.2, 0.25) is 0 Å². The van der Waals surface area contributed by atoms with Crippen molar-refractivity contribution in [2.45, 2.75) is 25.7 Å². The molecule has 0 aromatic heterocycles. The van der Waals surface area contributed by atoms with E-state index >= 15 is 0 Å². The lowest BCUT2D eigenvalue weighted by atomic mass is 9.89. The number of rotatable bonds is 2. The van der Waals surface area contributed by atoms with Crippen LogP contribution in [0.15, 0.2) is 48.5 Å². The Morgan fingerprint density at radius 1 is 1.08 bits per heavy atom. The molecule has 3 rings (SSSR count). The van der Waals surface area contributed by atoms with Gasteiger partial charge in [0, 0.05) is 22.7 Å². The summed E-state index contributed by atoms with van der Waals surface area (Å²) in [6.45, 7) is 3.33. The highest BCUT2D eigenvalue weighted by Gasteiger charge is 2.52. The van der Waals surface area contributed by atoms with Gasteiger partial charge < -0.3 is 5.11 Å². The number of benzene rings is 2. The molecule has 0 spiro atoms. The summed E-state index contributed by atoms with van der Waals surface area (Å²) in [4.78, 5) is 13.9. The van der Waals surface area contributed by atoms with Crippen LogP contribution in [0.2, 0.25) is 0 Å². The lowest BCUT2D eigenvalue weighted by molar-refractivity contribution is -0.137. The maximum Gasteiger partial charge on any atom is 0.416 e. The van der Waals surface area contributed by atoms with Crippen LogP contribution in [0.3, 0.4) is 0 Å². The van der Waals surface area contributed by atoms with Crippen molar-refractivity contribution < 1.29 is 23.1 Å². The Hall–Kier alpha value is -2.34. The van der Waals surface area contributed by atoms with Crippen molar-refractivity contribution in [2.24, 2.45) is 5.92 Å². The number of fused-ring (bicyclic) bond motifs is 1. The average molecular weight is 335 g/mol. The summed E-state index contributed by atoms with van der Waals surface area (Å²) in [6, 6.07) is 11.3. The van der Waals surface area contributed by atoms with Crippen molar-refractivity contribution in [3.05, 3.63) is 65.2 Å². The Kier molecular flexibility index (Phi) is 3.68. The highest BCUT2D eigenvalue weighted by atomic mass is 19.4. The molecule has 1 amide bonds. The molecular weight excluding hydrogens is 319 g/mol. The number of carbonyl (C=O) groups is 1. The SMILES string of the molecule is CC(C)C1(O)c2cc(C(F)(F)F)ccc2C(=O)N1c1ccccc1. The number of hydrogen-bond acceptors (Lipinski definition) is 2. The van der Waals surface area contributed by atoms with Gasteiger partial charge in [-0.2, -0.15) is 13.2 Å². The molecule has 0 aliphatic carbocycles. The zero-order valence-corrected chi connectivity index (χ0v) is 13.1. The third kappa shape index (κ3) is 2.29. The summed E-state index contributed by atoms with van der Waals surface area (Å²) in [5, 5.41) is 11.2. The van der Waals surface area contributed by atoms with E-state index in [-0.39, 0.29) is 11.1 Å². The second-order valence-electron chi connectivity index (χ2n) is 6.12. The van der Waals surface area contributed by atoms with Crippen LogP contribution in [0.4, 0.5) is 18.9 Å². The zero-order valence-electron chi connectivity index (χ0n) is 13.1. The van der Waals surface area contributed by atoms with E-state index in [2.05, 4.69) is 0 Å². The van der Waals surface area contributed by atoms with Crippen molar-refractivity contribution in [3.8, 4) is 0 Å². The lowest BCUT2D eigenvalue weighted by Crippen LogP contribution is -2.48. The summed E-state index contributed by atoms with van der Waals surface area (Å²) in [7, 11) is 0. The molecule has 0 radical (unpaired) electrons. The van der Waals surface area contributed by atoms with Gasteiger partial charge in [-0.05, 0) is 30.3 Å². The third-order valence-corrected chi connectivity index (χ3v) is 4.34. The minimum absolute atomic E-state index is 0.0128. The van der Waals surface area contributed by atoms with E-state index in [1.54, 1.807) is 44.2 Å². The van der Waals surface area contributed by atoms with Gasteiger partial charge in [0.05, 0.1) is 5.56 Å². The number of carbonyl (C=O) groups excluding carboxylic acids is 1. The van der Waals surface area contributed by atoms with Crippen LogP contribution < -0.4 is 4.90 Å². The molecule has 2 aromatic rings. The number of aliphatic hydroxyl groups is 1. The van der Waals surface area contributed by atoms with Gasteiger partial charge >= 0.3 is 6.18 Å². The van der Waals surface area contributed by atoms with Gasteiger partial charge in [-0.3, -0.25) is 9.69 Å². The van der Waals surface area contributed by atoms with E-state index in [1.165, 1.54) is 4.90 Å². The van der Waals surface area contributed by atoms with E-state index in [1.807, 2.05) is 0 Å². The Balaban J connectivity index is 2.24. The van der Waals surface area contributed by atoms with Crippen molar-refractivity contribution in [1.82, 2.24) is 0 Å². The van der Waals surface area contributed by atoms with Gasteiger partial charge in [0.1, 0.15) is 0 Å². The first-order chi connectivity index (χ1) is 11.2. The monoisotopic (exact) mass is 335 g/mol. The normalized spacial score (nSPS) is 20.6. The molecule has 126 valence electrons. The lowest BCUT2D eigenvalue weighted by Gasteiger charge is -2.37. The Labute approximate surface area is 137 Å². The topological polar surface area (TPSA) is 40.5 Å². The van der Waals surface area contributed by atoms with Gasteiger partial charge in [-0.15, -0.1) is 0 Å². The minimum Gasteiger partial charge on any atom is -0.366 e. The molecule has 0 saturated heterocycles. The van der Waals surface area contributed by atoms with Crippen molar-refractivity contribution in [3.63, 3.8) is 0 Å². The zero-order chi connectivity index (χ0) is 17.7. The Morgan fingerprint density at radius 3 is 2.25 bits per heavy atom. The molecule has 1 aliphatic rings. The van der Waals surface area contributed by atoms with E-state index in [9.17, 15) is 23.1 Å². The first kappa shape index (κ1) is 16.5. The predicted molar refractivity (Wildman–Crippen MR) is 83.4 cm³/mol. The fourth-order valence-electron chi connectivity index (χ4n) is 3.07. The maximum atomic E-state index is 13.0. The second-order valence-corrected chi connectivity index (χ2v) is 6.12. The molecule has 1 heterocycles. The van der Waals surface area contributed by atoms with E-state index in [4.69, 9.17) is 0 Å². The molecule has 1 N–H and O–H groups in total. The number of alkyl halides is 3. The molecule has 1 atom stereocenters.